The van der Waals surface area contributed by atoms with E-state index in [0.29, 0.717) is 12.0 Å². The molecule has 0 unspecified atom stereocenters. The van der Waals surface area contributed by atoms with Crippen molar-refractivity contribution in [3.63, 3.8) is 0 Å². The lowest BCUT2D eigenvalue weighted by Crippen LogP contribution is -2.21. The summed E-state index contributed by atoms with van der Waals surface area (Å²) in [5, 5.41) is 8.31. The molecule has 21 heavy (non-hydrogen) atoms. The van der Waals surface area contributed by atoms with Crippen LogP contribution in [0, 0.1) is 0 Å². The van der Waals surface area contributed by atoms with Crippen LogP contribution < -0.4 is 5.32 Å². The highest BCUT2D eigenvalue weighted by molar-refractivity contribution is 5.68. The van der Waals surface area contributed by atoms with E-state index in [1.807, 2.05) is 16.9 Å². The summed E-state index contributed by atoms with van der Waals surface area (Å²) >= 11 is 0. The normalized spacial score (nSPS) is 17.9. The molecule has 0 atom stereocenters. The topological polar surface area (TPSA) is 42.2 Å². The molecule has 114 valence electrons. The highest BCUT2D eigenvalue weighted by Gasteiger charge is 2.15. The Labute approximate surface area is 127 Å². The van der Waals surface area contributed by atoms with Gasteiger partial charge in [0, 0.05) is 18.4 Å². The molecule has 2 heterocycles. The summed E-state index contributed by atoms with van der Waals surface area (Å²) in [6, 6.07) is 2.73. The van der Waals surface area contributed by atoms with Gasteiger partial charge in [-0.2, -0.15) is 5.10 Å². The van der Waals surface area contributed by atoms with Crippen molar-refractivity contribution < 1.29 is 0 Å². The maximum absolute atomic E-state index is 4.64. The molecular weight excluding hydrogens is 260 g/mol. The monoisotopic (exact) mass is 286 g/mol. The molecule has 0 saturated heterocycles. The first-order valence-electron chi connectivity index (χ1n) is 8.35. The lowest BCUT2D eigenvalue weighted by Gasteiger charge is -2.21. The van der Waals surface area contributed by atoms with Crippen LogP contribution >= 0.6 is 0 Å². The summed E-state index contributed by atoms with van der Waals surface area (Å²) in [5.74, 6) is 1.43. The van der Waals surface area contributed by atoms with Gasteiger partial charge in [0.2, 0.25) is 0 Å². The third-order valence-corrected chi connectivity index (χ3v) is 4.45. The van der Waals surface area contributed by atoms with Crippen LogP contribution in [0.5, 0.6) is 0 Å². The molecule has 1 saturated carbocycles. The van der Waals surface area contributed by atoms with Crippen LogP contribution in [0.1, 0.15) is 70.4 Å². The van der Waals surface area contributed by atoms with Gasteiger partial charge >= 0.3 is 0 Å². The zero-order chi connectivity index (χ0) is 14.7. The second-order valence-electron chi connectivity index (χ2n) is 6.52. The van der Waals surface area contributed by atoms with E-state index in [9.17, 15) is 0 Å². The molecule has 0 radical (unpaired) electrons. The van der Waals surface area contributed by atoms with Gasteiger partial charge in [0.25, 0.3) is 0 Å². The Bertz CT molecular complexity index is 579. The second kappa shape index (κ2) is 6.46. The van der Waals surface area contributed by atoms with Crippen LogP contribution in [0.15, 0.2) is 18.5 Å². The fourth-order valence-corrected chi connectivity index (χ4v) is 3.13. The first-order valence-corrected chi connectivity index (χ1v) is 8.35. The summed E-state index contributed by atoms with van der Waals surface area (Å²) in [7, 11) is 0. The van der Waals surface area contributed by atoms with Crippen LogP contribution in [-0.2, 0) is 0 Å². The summed E-state index contributed by atoms with van der Waals surface area (Å²) in [6.07, 6.45) is 13.1. The number of rotatable bonds is 3. The molecule has 2 aromatic rings. The first kappa shape index (κ1) is 14.4. The van der Waals surface area contributed by atoms with Crippen LogP contribution in [0.3, 0.4) is 0 Å². The molecule has 1 aliphatic rings. The van der Waals surface area contributed by atoms with Crippen molar-refractivity contribution in [2.75, 3.05) is 5.32 Å². The predicted molar refractivity (Wildman–Crippen MR) is 86.8 cm³/mol. The van der Waals surface area contributed by atoms with Crippen LogP contribution in [-0.4, -0.2) is 20.6 Å². The maximum Gasteiger partial charge on any atom is 0.152 e. The van der Waals surface area contributed by atoms with Crippen molar-refractivity contribution in [1.82, 2.24) is 14.6 Å². The number of hydrogen-bond donors (Lipinski definition) is 1. The van der Waals surface area contributed by atoms with Gasteiger partial charge in [-0.25, -0.2) is 9.50 Å². The lowest BCUT2D eigenvalue weighted by molar-refractivity contribution is 0.471. The molecule has 0 amide bonds. The summed E-state index contributed by atoms with van der Waals surface area (Å²) in [6.45, 7) is 4.36. The predicted octanol–water partition coefficient (Wildman–Crippen LogP) is 4.38. The van der Waals surface area contributed by atoms with E-state index in [-0.39, 0.29) is 0 Å². The van der Waals surface area contributed by atoms with Gasteiger partial charge < -0.3 is 5.32 Å². The zero-order valence-electron chi connectivity index (χ0n) is 13.2. The Morgan fingerprint density at radius 3 is 2.57 bits per heavy atom. The quantitative estimate of drug-likeness (QED) is 0.910. The zero-order valence-corrected chi connectivity index (χ0v) is 13.2. The molecule has 0 aliphatic heterocycles. The van der Waals surface area contributed by atoms with Crippen molar-refractivity contribution in [3.05, 3.63) is 24.2 Å². The highest BCUT2D eigenvalue weighted by atomic mass is 15.2. The largest absolute Gasteiger partial charge is 0.366 e. The van der Waals surface area contributed by atoms with Crippen molar-refractivity contribution >= 4 is 11.3 Å². The molecule has 0 spiro atoms. The van der Waals surface area contributed by atoms with Crippen LogP contribution in [0.2, 0.25) is 0 Å². The molecular formula is C17H26N4. The van der Waals surface area contributed by atoms with Crippen molar-refractivity contribution in [2.24, 2.45) is 0 Å². The van der Waals surface area contributed by atoms with E-state index in [2.05, 4.69) is 35.3 Å². The second-order valence-corrected chi connectivity index (χ2v) is 6.52. The summed E-state index contributed by atoms with van der Waals surface area (Å²) < 4.78 is 1.95. The molecule has 1 fully saturated rings. The average Bonchev–Trinajstić information content (AvgIpc) is 2.87. The Kier molecular flexibility index (Phi) is 4.42. The molecule has 4 nitrogen and oxygen atoms in total. The van der Waals surface area contributed by atoms with E-state index in [4.69, 9.17) is 0 Å². The molecule has 1 aliphatic carbocycles. The summed E-state index contributed by atoms with van der Waals surface area (Å²) in [5.41, 5.74) is 2.23. The van der Waals surface area contributed by atoms with E-state index in [1.165, 1.54) is 44.9 Å². The van der Waals surface area contributed by atoms with Crippen molar-refractivity contribution in [2.45, 2.75) is 70.8 Å². The standard InChI is InChI=1S/C17H26N4/c1-13(2)15-12-16-17(18-10-11-21(16)20-15)19-14-8-6-4-3-5-7-9-14/h10-14H,3-9H2,1-2H3,(H,18,19). The van der Waals surface area contributed by atoms with E-state index in [1.54, 1.807) is 0 Å². The molecule has 0 bridgehead atoms. The van der Waals surface area contributed by atoms with Crippen LogP contribution in [0.25, 0.3) is 5.52 Å². The minimum absolute atomic E-state index is 0.444. The van der Waals surface area contributed by atoms with Gasteiger partial charge in [-0.05, 0) is 24.8 Å². The Hall–Kier alpha value is -1.58. The van der Waals surface area contributed by atoms with E-state index in [0.717, 1.165) is 17.0 Å². The van der Waals surface area contributed by atoms with Crippen molar-refractivity contribution in [1.29, 1.82) is 0 Å². The SMILES string of the molecule is CC(C)c1cc2c(NC3CCCCCCC3)nccn2n1. The Balaban J connectivity index is 1.82. The first-order chi connectivity index (χ1) is 10.2. The number of aromatic nitrogens is 3. The average molecular weight is 286 g/mol. The number of hydrogen-bond acceptors (Lipinski definition) is 3. The molecule has 3 rings (SSSR count). The highest BCUT2D eigenvalue weighted by Crippen LogP contribution is 2.24. The van der Waals surface area contributed by atoms with Gasteiger partial charge in [0.1, 0.15) is 5.52 Å². The number of nitrogens with one attached hydrogen (secondary N) is 1. The van der Waals surface area contributed by atoms with Gasteiger partial charge in [-0.3, -0.25) is 0 Å². The molecule has 2 aromatic heterocycles. The minimum atomic E-state index is 0.444. The number of nitrogens with zero attached hydrogens (tertiary/aromatic N) is 3. The third-order valence-electron chi connectivity index (χ3n) is 4.45. The number of anilines is 1. The summed E-state index contributed by atoms with van der Waals surface area (Å²) in [4.78, 5) is 4.56. The van der Waals surface area contributed by atoms with Gasteiger partial charge in [-0.15, -0.1) is 0 Å². The Morgan fingerprint density at radius 1 is 1.14 bits per heavy atom. The smallest absolute Gasteiger partial charge is 0.152 e. The van der Waals surface area contributed by atoms with Gasteiger partial charge in [0.15, 0.2) is 5.82 Å². The Morgan fingerprint density at radius 2 is 1.86 bits per heavy atom. The minimum Gasteiger partial charge on any atom is -0.366 e. The molecule has 4 heteroatoms. The molecule has 0 aromatic carbocycles. The fourth-order valence-electron chi connectivity index (χ4n) is 3.13. The van der Waals surface area contributed by atoms with Gasteiger partial charge in [-0.1, -0.05) is 46.0 Å². The fraction of sp³-hybridized carbons (Fsp3) is 0.647. The third kappa shape index (κ3) is 3.36. The lowest BCUT2D eigenvalue weighted by atomic mass is 9.97. The van der Waals surface area contributed by atoms with Crippen molar-refractivity contribution in [3.8, 4) is 0 Å². The van der Waals surface area contributed by atoms with E-state index >= 15 is 0 Å². The number of fused-ring (bicyclic) bond motifs is 1. The van der Waals surface area contributed by atoms with Crippen LogP contribution in [0.4, 0.5) is 5.82 Å². The maximum atomic E-state index is 4.64. The van der Waals surface area contributed by atoms with Gasteiger partial charge in [0.05, 0.1) is 5.69 Å². The van der Waals surface area contributed by atoms with E-state index < -0.39 is 0 Å². The molecule has 1 N–H and O–H groups in total.